The zero-order valence-corrected chi connectivity index (χ0v) is 15.5. The van der Waals surface area contributed by atoms with Gasteiger partial charge in [0.1, 0.15) is 0 Å². The minimum Gasteiger partial charge on any atom is -0.328 e. The van der Waals surface area contributed by atoms with Crippen LogP contribution in [-0.4, -0.2) is 26.2 Å². The van der Waals surface area contributed by atoms with Crippen molar-refractivity contribution in [3.63, 3.8) is 0 Å². The van der Waals surface area contributed by atoms with Crippen molar-refractivity contribution in [1.29, 1.82) is 0 Å². The summed E-state index contributed by atoms with van der Waals surface area (Å²) in [5.41, 5.74) is 0. The fraction of sp³-hybridized carbons (Fsp3) is 0.944. The monoisotopic (exact) mass is 332 g/mol. The lowest BCUT2D eigenvalue weighted by Crippen LogP contribution is -2.37. The van der Waals surface area contributed by atoms with Crippen LogP contribution in [0.2, 0.25) is 0 Å². The SMILES string of the molecule is CCCCCCCCCCCC(=O)OOC(CCC)(OC)OC. The van der Waals surface area contributed by atoms with Crippen LogP contribution < -0.4 is 0 Å². The van der Waals surface area contributed by atoms with Gasteiger partial charge >= 0.3 is 11.9 Å². The van der Waals surface area contributed by atoms with E-state index >= 15 is 0 Å². The van der Waals surface area contributed by atoms with E-state index in [0.29, 0.717) is 12.8 Å². The third kappa shape index (κ3) is 11.5. The third-order valence-electron chi connectivity index (χ3n) is 3.92. The molecule has 0 aliphatic heterocycles. The molecule has 0 rings (SSSR count). The van der Waals surface area contributed by atoms with E-state index in [9.17, 15) is 4.79 Å². The van der Waals surface area contributed by atoms with Crippen molar-refractivity contribution in [2.24, 2.45) is 0 Å². The fourth-order valence-corrected chi connectivity index (χ4v) is 2.43. The van der Waals surface area contributed by atoms with E-state index in [1.165, 1.54) is 59.2 Å². The molecule has 0 aromatic heterocycles. The number of hydrogen-bond acceptors (Lipinski definition) is 5. The maximum Gasteiger partial charge on any atom is 0.342 e. The van der Waals surface area contributed by atoms with Crippen molar-refractivity contribution in [2.45, 2.75) is 96.9 Å². The minimum absolute atomic E-state index is 0.367. The molecule has 23 heavy (non-hydrogen) atoms. The van der Waals surface area contributed by atoms with Gasteiger partial charge in [0, 0.05) is 27.1 Å². The molecule has 0 fully saturated rings. The van der Waals surface area contributed by atoms with E-state index in [-0.39, 0.29) is 5.97 Å². The smallest absolute Gasteiger partial charge is 0.328 e. The van der Waals surface area contributed by atoms with E-state index in [1.807, 2.05) is 6.92 Å². The summed E-state index contributed by atoms with van der Waals surface area (Å²) >= 11 is 0. The number of hydrogen-bond donors (Lipinski definition) is 0. The molecule has 0 aliphatic carbocycles. The molecule has 0 radical (unpaired) electrons. The number of carbonyl (C=O) groups is 1. The summed E-state index contributed by atoms with van der Waals surface area (Å²) in [6, 6.07) is 0. The largest absolute Gasteiger partial charge is 0.342 e. The Labute approximate surface area is 141 Å². The topological polar surface area (TPSA) is 54.0 Å². The average Bonchev–Trinajstić information content (AvgIpc) is 2.57. The number of carbonyl (C=O) groups excluding carboxylic acids is 1. The van der Waals surface area contributed by atoms with Gasteiger partial charge in [-0.05, 0) is 12.8 Å². The van der Waals surface area contributed by atoms with Crippen molar-refractivity contribution >= 4 is 5.97 Å². The van der Waals surface area contributed by atoms with Crippen LogP contribution in [0.25, 0.3) is 0 Å². The van der Waals surface area contributed by atoms with Crippen molar-refractivity contribution in [1.82, 2.24) is 0 Å². The lowest BCUT2D eigenvalue weighted by molar-refractivity contribution is -0.480. The maximum atomic E-state index is 11.7. The molecular weight excluding hydrogens is 296 g/mol. The van der Waals surface area contributed by atoms with Gasteiger partial charge in [0.2, 0.25) is 0 Å². The van der Waals surface area contributed by atoms with Gasteiger partial charge < -0.3 is 9.47 Å². The van der Waals surface area contributed by atoms with E-state index < -0.39 is 5.97 Å². The second kappa shape index (κ2) is 14.9. The summed E-state index contributed by atoms with van der Waals surface area (Å²) in [5, 5.41) is 0. The predicted octanol–water partition coefficient (Wildman–Crippen LogP) is 5.13. The summed E-state index contributed by atoms with van der Waals surface area (Å²) in [6.45, 7) is 4.20. The number of methoxy groups -OCH3 is 2. The van der Waals surface area contributed by atoms with Crippen molar-refractivity contribution in [2.75, 3.05) is 14.2 Å². The summed E-state index contributed by atoms with van der Waals surface area (Å²) in [6.07, 6.45) is 12.6. The van der Waals surface area contributed by atoms with Crippen LogP contribution in [0, 0.1) is 0 Å². The van der Waals surface area contributed by atoms with Crippen LogP contribution in [-0.2, 0) is 24.0 Å². The Bertz CT molecular complexity index is 277. The minimum atomic E-state index is -1.29. The van der Waals surface area contributed by atoms with Crippen molar-refractivity contribution in [3.05, 3.63) is 0 Å². The molecule has 0 aromatic carbocycles. The van der Waals surface area contributed by atoms with Gasteiger partial charge in [0.25, 0.3) is 0 Å². The second-order valence-electron chi connectivity index (χ2n) is 5.96. The third-order valence-corrected chi connectivity index (χ3v) is 3.92. The Morgan fingerprint density at radius 1 is 0.783 bits per heavy atom. The fourth-order valence-electron chi connectivity index (χ4n) is 2.43. The second-order valence-corrected chi connectivity index (χ2v) is 5.96. The standard InChI is InChI=1S/C18H36O5/c1-5-7-8-9-10-11-12-13-14-15-17(19)22-23-18(20-3,21-4)16-6-2/h5-16H2,1-4H3. The summed E-state index contributed by atoms with van der Waals surface area (Å²) in [5.74, 6) is -1.66. The van der Waals surface area contributed by atoms with Gasteiger partial charge in [0.05, 0.1) is 0 Å². The van der Waals surface area contributed by atoms with E-state index in [1.54, 1.807) is 0 Å². The Kier molecular flexibility index (Phi) is 14.5. The Hall–Kier alpha value is -0.650. The molecule has 0 N–H and O–H groups in total. The summed E-state index contributed by atoms with van der Waals surface area (Å²) in [4.78, 5) is 21.6. The van der Waals surface area contributed by atoms with E-state index in [4.69, 9.17) is 19.2 Å². The van der Waals surface area contributed by atoms with Gasteiger partial charge in [0.15, 0.2) is 0 Å². The number of unbranched alkanes of at least 4 members (excludes halogenated alkanes) is 8. The van der Waals surface area contributed by atoms with Gasteiger partial charge in [-0.1, -0.05) is 65.2 Å². The molecule has 0 saturated heterocycles. The zero-order valence-electron chi connectivity index (χ0n) is 15.5. The molecule has 0 bridgehead atoms. The Balaban J connectivity index is 3.63. The lowest BCUT2D eigenvalue weighted by Gasteiger charge is -2.27. The van der Waals surface area contributed by atoms with E-state index in [0.717, 1.165) is 19.3 Å². The van der Waals surface area contributed by atoms with Crippen molar-refractivity contribution in [3.8, 4) is 0 Å². The molecule has 0 amide bonds. The quantitative estimate of drug-likeness (QED) is 0.170. The highest BCUT2D eigenvalue weighted by Gasteiger charge is 2.33. The highest BCUT2D eigenvalue weighted by molar-refractivity contribution is 5.68. The maximum absolute atomic E-state index is 11.7. The van der Waals surface area contributed by atoms with Gasteiger partial charge in [-0.25, -0.2) is 4.79 Å². The molecule has 0 aliphatic rings. The first-order valence-electron chi connectivity index (χ1n) is 9.13. The van der Waals surface area contributed by atoms with Crippen LogP contribution in [0.1, 0.15) is 90.9 Å². The highest BCUT2D eigenvalue weighted by Crippen LogP contribution is 2.21. The van der Waals surface area contributed by atoms with Crippen LogP contribution >= 0.6 is 0 Å². The molecule has 0 spiro atoms. The Morgan fingerprint density at radius 2 is 1.30 bits per heavy atom. The summed E-state index contributed by atoms with van der Waals surface area (Å²) in [7, 11) is 2.93. The van der Waals surface area contributed by atoms with Crippen LogP contribution in [0.5, 0.6) is 0 Å². The van der Waals surface area contributed by atoms with Gasteiger partial charge in [-0.3, -0.25) is 4.89 Å². The predicted molar refractivity (Wildman–Crippen MR) is 90.7 cm³/mol. The lowest BCUT2D eigenvalue weighted by atomic mass is 10.1. The Morgan fingerprint density at radius 3 is 1.78 bits per heavy atom. The van der Waals surface area contributed by atoms with Gasteiger partial charge in [-0.15, -0.1) is 4.89 Å². The molecule has 5 heteroatoms. The molecule has 0 atom stereocenters. The van der Waals surface area contributed by atoms with E-state index in [2.05, 4.69) is 6.92 Å². The molecule has 0 heterocycles. The highest BCUT2D eigenvalue weighted by atomic mass is 17.3. The molecule has 138 valence electrons. The van der Waals surface area contributed by atoms with Gasteiger partial charge in [-0.2, -0.15) is 0 Å². The first-order valence-corrected chi connectivity index (χ1v) is 9.13. The molecule has 0 unspecified atom stereocenters. The molecule has 0 saturated carbocycles. The normalized spacial score (nSPS) is 11.7. The number of ether oxygens (including phenoxy) is 2. The van der Waals surface area contributed by atoms with Crippen molar-refractivity contribution < 1.29 is 24.0 Å². The first-order chi connectivity index (χ1) is 11.1. The average molecular weight is 332 g/mol. The van der Waals surface area contributed by atoms with Crippen LogP contribution in [0.15, 0.2) is 0 Å². The molecular formula is C18H36O5. The summed E-state index contributed by atoms with van der Waals surface area (Å²) < 4.78 is 10.3. The number of rotatable bonds is 16. The zero-order chi connectivity index (χ0) is 17.4. The van der Waals surface area contributed by atoms with Crippen LogP contribution in [0.4, 0.5) is 0 Å². The molecule has 5 nitrogen and oxygen atoms in total. The first kappa shape index (κ1) is 22.4. The van der Waals surface area contributed by atoms with Crippen LogP contribution in [0.3, 0.4) is 0 Å². The molecule has 0 aromatic rings.